The largest absolute Gasteiger partial charge is 0.353 e. The van der Waals surface area contributed by atoms with Crippen LogP contribution in [-0.2, 0) is 14.3 Å². The third-order valence-corrected chi connectivity index (χ3v) is 1.33. The van der Waals surface area contributed by atoms with Crippen LogP contribution in [0.15, 0.2) is 0 Å². The second-order valence-electron chi connectivity index (χ2n) is 2.23. The van der Waals surface area contributed by atoms with Crippen molar-refractivity contribution in [2.24, 2.45) is 0 Å². The molecule has 0 radical (unpaired) electrons. The van der Waals surface area contributed by atoms with Gasteiger partial charge in [0.25, 0.3) is 0 Å². The van der Waals surface area contributed by atoms with Crippen molar-refractivity contribution in [3.63, 3.8) is 0 Å². The maximum Gasteiger partial charge on any atom is 0.158 e. The highest BCUT2D eigenvalue weighted by molar-refractivity contribution is 4.45. The molecule has 0 saturated carbocycles. The maximum absolute atomic E-state index is 5.31. The summed E-state index contributed by atoms with van der Waals surface area (Å²) in [5.74, 6) is 0. The Balaban J connectivity index is 3.34. The van der Waals surface area contributed by atoms with Gasteiger partial charge < -0.3 is 14.3 Å². The van der Waals surface area contributed by atoms with Gasteiger partial charge in [-0.2, -0.15) is 0 Å². The van der Waals surface area contributed by atoms with Gasteiger partial charge in [0.1, 0.15) is 0 Å². The van der Waals surface area contributed by atoms with Crippen molar-refractivity contribution in [1.82, 2.24) is 5.48 Å². The molecule has 0 atom stereocenters. The summed E-state index contributed by atoms with van der Waals surface area (Å²) in [5, 5.41) is 0. The zero-order valence-corrected chi connectivity index (χ0v) is 8.13. The average molecular weight is 177 g/mol. The quantitative estimate of drug-likeness (QED) is 0.340. The van der Waals surface area contributed by atoms with Gasteiger partial charge in [0.2, 0.25) is 0 Å². The Morgan fingerprint density at radius 1 is 1.17 bits per heavy atom. The van der Waals surface area contributed by atoms with Gasteiger partial charge in [-0.05, 0) is 13.8 Å². The lowest BCUT2D eigenvalue weighted by molar-refractivity contribution is -0.141. The summed E-state index contributed by atoms with van der Waals surface area (Å²) in [5.41, 5.74) is 2.74. The molecule has 0 aliphatic carbocycles. The van der Waals surface area contributed by atoms with Crippen LogP contribution in [0.3, 0.4) is 0 Å². The SMILES string of the molecule is CCOC(CCNOC)OCC. The number of hydrogen-bond acceptors (Lipinski definition) is 4. The van der Waals surface area contributed by atoms with E-state index in [0.717, 1.165) is 13.0 Å². The minimum absolute atomic E-state index is 0.109. The molecule has 0 bridgehead atoms. The lowest BCUT2D eigenvalue weighted by Gasteiger charge is -2.16. The molecule has 0 aromatic carbocycles. The first-order valence-corrected chi connectivity index (χ1v) is 4.34. The molecule has 4 heteroatoms. The van der Waals surface area contributed by atoms with Gasteiger partial charge in [0, 0.05) is 26.2 Å². The van der Waals surface area contributed by atoms with Gasteiger partial charge in [-0.25, -0.2) is 5.48 Å². The van der Waals surface area contributed by atoms with Crippen molar-refractivity contribution < 1.29 is 14.3 Å². The Kier molecular flexibility index (Phi) is 8.81. The van der Waals surface area contributed by atoms with E-state index in [0.29, 0.717) is 13.2 Å². The van der Waals surface area contributed by atoms with E-state index in [9.17, 15) is 0 Å². The van der Waals surface area contributed by atoms with E-state index in [1.165, 1.54) is 0 Å². The van der Waals surface area contributed by atoms with Crippen molar-refractivity contribution in [2.45, 2.75) is 26.6 Å². The topological polar surface area (TPSA) is 39.7 Å². The highest BCUT2D eigenvalue weighted by Gasteiger charge is 2.05. The summed E-state index contributed by atoms with van der Waals surface area (Å²) in [6.45, 7) is 6.00. The van der Waals surface area contributed by atoms with Crippen LogP contribution >= 0.6 is 0 Å². The number of ether oxygens (including phenoxy) is 2. The lowest BCUT2D eigenvalue weighted by Crippen LogP contribution is -2.24. The first kappa shape index (κ1) is 11.8. The molecule has 0 heterocycles. The predicted octanol–water partition coefficient (Wildman–Crippen LogP) is 0.927. The van der Waals surface area contributed by atoms with Gasteiger partial charge in [0.05, 0.1) is 7.11 Å². The average Bonchev–Trinajstić information content (AvgIpc) is 2.06. The van der Waals surface area contributed by atoms with Crippen LogP contribution in [-0.4, -0.2) is 33.2 Å². The van der Waals surface area contributed by atoms with Crippen LogP contribution in [0.5, 0.6) is 0 Å². The van der Waals surface area contributed by atoms with Gasteiger partial charge in [-0.3, -0.25) is 0 Å². The Morgan fingerprint density at radius 2 is 1.75 bits per heavy atom. The molecule has 0 spiro atoms. The van der Waals surface area contributed by atoms with Crippen molar-refractivity contribution in [3.8, 4) is 0 Å². The fourth-order valence-corrected chi connectivity index (χ4v) is 0.865. The number of nitrogens with one attached hydrogen (secondary N) is 1. The summed E-state index contributed by atoms with van der Waals surface area (Å²) in [7, 11) is 1.59. The van der Waals surface area contributed by atoms with Crippen molar-refractivity contribution in [2.75, 3.05) is 26.9 Å². The fraction of sp³-hybridized carbons (Fsp3) is 1.00. The fourth-order valence-electron chi connectivity index (χ4n) is 0.865. The minimum Gasteiger partial charge on any atom is -0.353 e. The highest BCUT2D eigenvalue weighted by atomic mass is 16.7. The second kappa shape index (κ2) is 8.93. The van der Waals surface area contributed by atoms with E-state index in [-0.39, 0.29) is 6.29 Å². The third kappa shape index (κ3) is 6.54. The molecule has 0 aromatic heterocycles. The van der Waals surface area contributed by atoms with E-state index in [2.05, 4.69) is 10.3 Å². The number of hydrogen-bond donors (Lipinski definition) is 1. The first-order valence-electron chi connectivity index (χ1n) is 4.34. The number of rotatable bonds is 8. The molecule has 0 rings (SSSR count). The second-order valence-corrected chi connectivity index (χ2v) is 2.23. The van der Waals surface area contributed by atoms with Crippen molar-refractivity contribution in [1.29, 1.82) is 0 Å². The van der Waals surface area contributed by atoms with Gasteiger partial charge in [0.15, 0.2) is 6.29 Å². The molecule has 0 unspecified atom stereocenters. The monoisotopic (exact) mass is 177 g/mol. The standard InChI is InChI=1S/C8H19NO3/c1-4-11-8(12-5-2)6-7-9-10-3/h8-9H,4-7H2,1-3H3. The zero-order valence-electron chi connectivity index (χ0n) is 8.13. The van der Waals surface area contributed by atoms with E-state index >= 15 is 0 Å². The minimum atomic E-state index is -0.109. The van der Waals surface area contributed by atoms with Crippen LogP contribution in [0, 0.1) is 0 Å². The Morgan fingerprint density at radius 3 is 2.17 bits per heavy atom. The lowest BCUT2D eigenvalue weighted by atomic mass is 10.4. The molecule has 0 aliphatic heterocycles. The summed E-state index contributed by atoms with van der Waals surface area (Å²) in [6, 6.07) is 0. The molecule has 0 amide bonds. The van der Waals surface area contributed by atoms with Crippen LogP contribution < -0.4 is 5.48 Å². The Labute approximate surface area is 74.1 Å². The number of hydroxylamine groups is 1. The third-order valence-electron chi connectivity index (χ3n) is 1.33. The molecule has 0 aromatic rings. The molecule has 1 N–H and O–H groups in total. The summed E-state index contributed by atoms with van der Waals surface area (Å²) in [4.78, 5) is 4.69. The molecular weight excluding hydrogens is 158 g/mol. The van der Waals surface area contributed by atoms with Crippen molar-refractivity contribution >= 4 is 0 Å². The van der Waals surface area contributed by atoms with Gasteiger partial charge >= 0.3 is 0 Å². The summed E-state index contributed by atoms with van der Waals surface area (Å²) in [6.07, 6.45) is 0.692. The van der Waals surface area contributed by atoms with Gasteiger partial charge in [-0.15, -0.1) is 0 Å². The molecule has 12 heavy (non-hydrogen) atoms. The van der Waals surface area contributed by atoms with Crippen LogP contribution in [0.25, 0.3) is 0 Å². The first-order chi connectivity index (χ1) is 5.85. The van der Waals surface area contributed by atoms with Gasteiger partial charge in [-0.1, -0.05) is 0 Å². The van der Waals surface area contributed by atoms with Crippen molar-refractivity contribution in [3.05, 3.63) is 0 Å². The van der Waals surface area contributed by atoms with E-state index in [4.69, 9.17) is 9.47 Å². The zero-order chi connectivity index (χ0) is 9.23. The maximum atomic E-state index is 5.31. The van der Waals surface area contributed by atoms with E-state index in [1.807, 2.05) is 13.8 Å². The molecule has 0 fully saturated rings. The van der Waals surface area contributed by atoms with Crippen LogP contribution in [0.2, 0.25) is 0 Å². The van der Waals surface area contributed by atoms with Crippen LogP contribution in [0.1, 0.15) is 20.3 Å². The highest BCUT2D eigenvalue weighted by Crippen LogP contribution is 1.99. The molecular formula is C8H19NO3. The summed E-state index contributed by atoms with van der Waals surface area (Å²) < 4.78 is 10.6. The van der Waals surface area contributed by atoms with E-state index in [1.54, 1.807) is 7.11 Å². The molecule has 74 valence electrons. The Hall–Kier alpha value is -0.160. The van der Waals surface area contributed by atoms with E-state index < -0.39 is 0 Å². The molecule has 0 aliphatic rings. The van der Waals surface area contributed by atoms with Crippen LogP contribution in [0.4, 0.5) is 0 Å². The predicted molar refractivity (Wildman–Crippen MR) is 46.7 cm³/mol. The molecule has 0 saturated heterocycles. The molecule has 4 nitrogen and oxygen atoms in total. The smallest absolute Gasteiger partial charge is 0.158 e. The summed E-state index contributed by atoms with van der Waals surface area (Å²) >= 11 is 0. The Bertz CT molecular complexity index is 84.4. The normalized spacial score (nSPS) is 11.0.